The van der Waals surface area contributed by atoms with Crippen molar-refractivity contribution in [2.24, 2.45) is 0 Å². The zero-order valence-corrected chi connectivity index (χ0v) is 19.4. The maximum Gasteiger partial charge on any atom is 0.227 e. The number of rotatable bonds is 3. The first kappa shape index (κ1) is 21.6. The van der Waals surface area contributed by atoms with Crippen LogP contribution in [0.25, 0.3) is 0 Å². The minimum Gasteiger partial charge on any atom is -0.354 e. The number of pyridine rings is 1. The standard InChI is InChI=1S/C22H29ClN8/c1-15-13-19(29-7-5-28(4)6-8-29)27-22(25-15)31-11-9-30(10-12-31)21-18(14-24)16(2)20(23)17(3)26-21/h13H,5-12H2,1-4H3. The number of aryl methyl sites for hydroxylation is 2. The summed E-state index contributed by atoms with van der Waals surface area (Å²) in [5.74, 6) is 2.52. The predicted molar refractivity (Wildman–Crippen MR) is 124 cm³/mol. The van der Waals surface area contributed by atoms with Gasteiger partial charge in [-0.1, -0.05) is 11.6 Å². The molecule has 2 fully saturated rings. The van der Waals surface area contributed by atoms with Gasteiger partial charge in [0.1, 0.15) is 17.7 Å². The quantitative estimate of drug-likeness (QED) is 0.720. The van der Waals surface area contributed by atoms with Crippen LogP contribution in [0.15, 0.2) is 6.07 Å². The highest BCUT2D eigenvalue weighted by molar-refractivity contribution is 6.32. The Morgan fingerprint density at radius 2 is 1.48 bits per heavy atom. The molecule has 0 amide bonds. The molecule has 4 rings (SSSR count). The highest BCUT2D eigenvalue weighted by atomic mass is 35.5. The maximum absolute atomic E-state index is 9.66. The van der Waals surface area contributed by atoms with Crippen molar-refractivity contribution in [2.75, 3.05) is 74.1 Å². The van der Waals surface area contributed by atoms with Gasteiger partial charge in [-0.15, -0.1) is 0 Å². The number of hydrogen-bond donors (Lipinski definition) is 0. The van der Waals surface area contributed by atoms with Crippen LogP contribution in [0.3, 0.4) is 0 Å². The Balaban J connectivity index is 1.50. The van der Waals surface area contributed by atoms with Crippen molar-refractivity contribution in [1.82, 2.24) is 19.9 Å². The van der Waals surface area contributed by atoms with Crippen LogP contribution in [0.4, 0.5) is 17.6 Å². The van der Waals surface area contributed by atoms with Crippen molar-refractivity contribution in [3.05, 3.63) is 33.6 Å². The van der Waals surface area contributed by atoms with E-state index in [-0.39, 0.29) is 0 Å². The van der Waals surface area contributed by atoms with Crippen LogP contribution in [-0.4, -0.2) is 79.3 Å². The molecular formula is C22H29ClN8. The molecule has 0 unspecified atom stereocenters. The number of piperazine rings is 2. The van der Waals surface area contributed by atoms with Crippen LogP contribution < -0.4 is 14.7 Å². The molecule has 9 heteroatoms. The number of anilines is 3. The van der Waals surface area contributed by atoms with Crippen molar-refractivity contribution in [3.63, 3.8) is 0 Å². The molecule has 2 aromatic rings. The van der Waals surface area contributed by atoms with E-state index in [1.807, 2.05) is 20.8 Å². The number of hydrogen-bond acceptors (Lipinski definition) is 8. The first-order chi connectivity index (χ1) is 14.9. The zero-order valence-electron chi connectivity index (χ0n) is 18.7. The first-order valence-electron chi connectivity index (χ1n) is 10.7. The summed E-state index contributed by atoms with van der Waals surface area (Å²) in [6.45, 7) is 12.9. The summed E-state index contributed by atoms with van der Waals surface area (Å²) in [6, 6.07) is 4.37. The lowest BCUT2D eigenvalue weighted by Crippen LogP contribution is -2.48. The highest BCUT2D eigenvalue weighted by Crippen LogP contribution is 2.30. The Morgan fingerprint density at radius 1 is 0.871 bits per heavy atom. The number of halogens is 1. The molecule has 0 atom stereocenters. The smallest absolute Gasteiger partial charge is 0.227 e. The third-order valence-electron chi connectivity index (χ3n) is 6.15. The number of aromatic nitrogens is 3. The largest absolute Gasteiger partial charge is 0.354 e. The number of likely N-dealkylation sites (N-methyl/N-ethyl adjacent to an activating group) is 1. The van der Waals surface area contributed by atoms with Crippen LogP contribution in [-0.2, 0) is 0 Å². The molecule has 2 saturated heterocycles. The third-order valence-corrected chi connectivity index (χ3v) is 6.71. The Kier molecular flexibility index (Phi) is 6.17. The monoisotopic (exact) mass is 440 g/mol. The Morgan fingerprint density at radius 3 is 2.13 bits per heavy atom. The van der Waals surface area contributed by atoms with Gasteiger partial charge in [-0.05, 0) is 33.4 Å². The van der Waals surface area contributed by atoms with Crippen LogP contribution in [0.2, 0.25) is 5.02 Å². The summed E-state index contributed by atoms with van der Waals surface area (Å²) in [5, 5.41) is 10.2. The van der Waals surface area contributed by atoms with E-state index in [1.165, 1.54) is 0 Å². The van der Waals surface area contributed by atoms with E-state index < -0.39 is 0 Å². The fourth-order valence-electron chi connectivity index (χ4n) is 4.17. The van der Waals surface area contributed by atoms with Crippen LogP contribution in [0.1, 0.15) is 22.5 Å². The minimum absolute atomic E-state index is 0.563. The third kappa shape index (κ3) is 4.39. The van der Waals surface area contributed by atoms with Crippen molar-refractivity contribution in [1.29, 1.82) is 5.26 Å². The van der Waals surface area contributed by atoms with Crippen LogP contribution >= 0.6 is 11.6 Å². The topological polar surface area (TPSA) is 75.4 Å². The second-order valence-corrected chi connectivity index (χ2v) is 8.76. The Labute approximate surface area is 189 Å². The van der Waals surface area contributed by atoms with Crippen molar-refractivity contribution < 1.29 is 0 Å². The molecule has 2 aromatic heterocycles. The molecule has 0 N–H and O–H groups in total. The summed E-state index contributed by atoms with van der Waals surface area (Å²) in [6.07, 6.45) is 0. The second kappa shape index (κ2) is 8.85. The average Bonchev–Trinajstić information content (AvgIpc) is 2.77. The molecular weight excluding hydrogens is 412 g/mol. The van der Waals surface area contributed by atoms with E-state index >= 15 is 0 Å². The van der Waals surface area contributed by atoms with Gasteiger partial charge in [-0.25, -0.2) is 9.97 Å². The minimum atomic E-state index is 0.563. The molecule has 8 nitrogen and oxygen atoms in total. The van der Waals surface area contributed by atoms with Crippen LogP contribution in [0.5, 0.6) is 0 Å². The van der Waals surface area contributed by atoms with Gasteiger partial charge in [0.05, 0.1) is 16.3 Å². The van der Waals surface area contributed by atoms with Gasteiger partial charge in [0.25, 0.3) is 0 Å². The maximum atomic E-state index is 9.66. The number of nitrogens with zero attached hydrogens (tertiary/aromatic N) is 8. The Hall–Kier alpha value is -2.63. The fourth-order valence-corrected chi connectivity index (χ4v) is 4.31. The molecule has 0 aliphatic carbocycles. The van der Waals surface area contributed by atoms with Gasteiger partial charge >= 0.3 is 0 Å². The summed E-state index contributed by atoms with van der Waals surface area (Å²) < 4.78 is 0. The van der Waals surface area contributed by atoms with Gasteiger partial charge in [0, 0.05) is 64.1 Å². The molecule has 4 heterocycles. The van der Waals surface area contributed by atoms with Gasteiger partial charge in [0.15, 0.2) is 0 Å². The highest BCUT2D eigenvalue weighted by Gasteiger charge is 2.25. The van der Waals surface area contributed by atoms with Crippen molar-refractivity contribution >= 4 is 29.2 Å². The van der Waals surface area contributed by atoms with Gasteiger partial charge in [-0.2, -0.15) is 10.2 Å². The van der Waals surface area contributed by atoms with Crippen LogP contribution in [0, 0.1) is 32.1 Å². The lowest BCUT2D eigenvalue weighted by Gasteiger charge is -2.37. The number of nitriles is 1. The Bertz CT molecular complexity index is 1000. The lowest BCUT2D eigenvalue weighted by molar-refractivity contribution is 0.312. The molecule has 0 spiro atoms. The summed E-state index contributed by atoms with van der Waals surface area (Å²) >= 11 is 6.31. The molecule has 31 heavy (non-hydrogen) atoms. The van der Waals surface area contributed by atoms with Gasteiger partial charge < -0.3 is 19.6 Å². The normalized spacial score (nSPS) is 17.7. The summed E-state index contributed by atoms with van der Waals surface area (Å²) in [4.78, 5) is 23.3. The molecule has 0 aromatic carbocycles. The van der Waals surface area contributed by atoms with E-state index in [1.54, 1.807) is 0 Å². The lowest BCUT2D eigenvalue weighted by atomic mass is 10.1. The zero-order chi connectivity index (χ0) is 22.1. The van der Waals surface area contributed by atoms with E-state index in [9.17, 15) is 5.26 Å². The van der Waals surface area contributed by atoms with E-state index in [0.717, 1.165) is 86.9 Å². The average molecular weight is 441 g/mol. The van der Waals surface area contributed by atoms with Crippen molar-refractivity contribution in [3.8, 4) is 6.07 Å². The molecule has 2 aliphatic heterocycles. The van der Waals surface area contributed by atoms with Gasteiger partial charge in [-0.3, -0.25) is 0 Å². The van der Waals surface area contributed by atoms with E-state index in [4.69, 9.17) is 21.6 Å². The molecule has 2 aliphatic rings. The molecule has 0 bridgehead atoms. The van der Waals surface area contributed by atoms with Crippen molar-refractivity contribution in [2.45, 2.75) is 20.8 Å². The van der Waals surface area contributed by atoms with E-state index in [0.29, 0.717) is 10.6 Å². The SMILES string of the molecule is Cc1cc(N2CCN(C)CC2)nc(N2CCN(c3nc(C)c(Cl)c(C)c3C#N)CC2)n1. The molecule has 0 radical (unpaired) electrons. The summed E-state index contributed by atoms with van der Waals surface area (Å²) in [5.41, 5.74) is 3.11. The predicted octanol–water partition coefficient (Wildman–Crippen LogP) is 2.40. The molecule has 0 saturated carbocycles. The van der Waals surface area contributed by atoms with E-state index in [2.05, 4.69) is 43.8 Å². The summed E-state index contributed by atoms with van der Waals surface area (Å²) in [7, 11) is 2.16. The first-order valence-corrected chi connectivity index (χ1v) is 11.1. The fraction of sp³-hybridized carbons (Fsp3) is 0.545. The molecule has 164 valence electrons. The van der Waals surface area contributed by atoms with Gasteiger partial charge in [0.2, 0.25) is 5.95 Å². The second-order valence-electron chi connectivity index (χ2n) is 8.38.